The number of piperidine rings is 1. The summed E-state index contributed by atoms with van der Waals surface area (Å²) in [6.07, 6.45) is 2.95. The number of pyridine rings is 1. The van der Waals surface area contributed by atoms with Gasteiger partial charge in [0, 0.05) is 24.7 Å². The lowest BCUT2D eigenvalue weighted by Gasteiger charge is -2.34. The molecule has 1 aliphatic rings. The molecule has 1 N–H and O–H groups in total. The Bertz CT molecular complexity index is 640. The van der Waals surface area contributed by atoms with Crippen LogP contribution in [0, 0.1) is 11.8 Å². The number of anilines is 1. The van der Waals surface area contributed by atoms with Crippen molar-refractivity contribution in [3.05, 3.63) is 36.5 Å². The molecule has 2 amide bonds. The number of fused-ring (bicyclic) bond motifs is 1. The van der Waals surface area contributed by atoms with Gasteiger partial charge in [0.25, 0.3) is 0 Å². The van der Waals surface area contributed by atoms with E-state index in [1.807, 2.05) is 35.2 Å². The summed E-state index contributed by atoms with van der Waals surface area (Å²) in [6, 6.07) is 9.74. The molecule has 0 spiro atoms. The van der Waals surface area contributed by atoms with Crippen LogP contribution in [0.15, 0.2) is 36.5 Å². The van der Waals surface area contributed by atoms with Gasteiger partial charge in [-0.25, -0.2) is 4.79 Å². The van der Waals surface area contributed by atoms with Gasteiger partial charge in [-0.2, -0.15) is 0 Å². The Labute approximate surface area is 125 Å². The first-order chi connectivity index (χ1) is 10.1. The van der Waals surface area contributed by atoms with Crippen LogP contribution in [0.4, 0.5) is 10.5 Å². The van der Waals surface area contributed by atoms with Crippen molar-refractivity contribution >= 4 is 22.6 Å². The predicted molar refractivity (Wildman–Crippen MR) is 85.3 cm³/mol. The average molecular weight is 283 g/mol. The highest BCUT2D eigenvalue weighted by Crippen LogP contribution is 2.24. The number of rotatable bonds is 1. The van der Waals surface area contributed by atoms with Crippen molar-refractivity contribution in [3.8, 4) is 0 Å². The Morgan fingerprint density at radius 2 is 1.90 bits per heavy atom. The van der Waals surface area contributed by atoms with E-state index < -0.39 is 0 Å². The normalized spacial score (nSPS) is 22.3. The molecule has 1 aliphatic heterocycles. The zero-order valence-corrected chi connectivity index (χ0v) is 12.5. The smallest absolute Gasteiger partial charge is 0.321 e. The van der Waals surface area contributed by atoms with Gasteiger partial charge in [0.05, 0.1) is 11.2 Å². The fourth-order valence-corrected chi connectivity index (χ4v) is 3.23. The molecule has 1 aromatic heterocycles. The second-order valence-electron chi connectivity index (χ2n) is 6.16. The molecule has 3 rings (SSSR count). The van der Waals surface area contributed by atoms with Gasteiger partial charge in [0.2, 0.25) is 0 Å². The Kier molecular flexibility index (Phi) is 3.78. The van der Waals surface area contributed by atoms with Gasteiger partial charge in [0.15, 0.2) is 0 Å². The Balaban J connectivity index is 1.80. The number of urea groups is 1. The number of amides is 2. The first-order valence-electron chi connectivity index (χ1n) is 7.53. The van der Waals surface area contributed by atoms with Crippen LogP contribution >= 0.6 is 0 Å². The quantitative estimate of drug-likeness (QED) is 0.866. The number of nitrogens with zero attached hydrogens (tertiary/aromatic N) is 2. The van der Waals surface area contributed by atoms with Gasteiger partial charge >= 0.3 is 6.03 Å². The lowest BCUT2D eigenvalue weighted by molar-refractivity contribution is 0.156. The van der Waals surface area contributed by atoms with E-state index in [1.165, 1.54) is 6.42 Å². The molecule has 4 nitrogen and oxygen atoms in total. The van der Waals surface area contributed by atoms with Crippen molar-refractivity contribution in [1.82, 2.24) is 9.88 Å². The zero-order chi connectivity index (χ0) is 14.8. The number of hydrogen-bond donors (Lipinski definition) is 1. The van der Waals surface area contributed by atoms with E-state index in [-0.39, 0.29) is 6.03 Å². The standard InChI is InChI=1S/C17H21N3O/c1-12-9-13(2)11-20(10-12)17(21)19-15-7-3-5-14-6-4-8-18-16(14)15/h3-8,12-13H,9-11H2,1-2H3,(H,19,21)/t12-,13-/m1/s1. The van der Waals surface area contributed by atoms with Crippen molar-refractivity contribution in [2.45, 2.75) is 20.3 Å². The largest absolute Gasteiger partial charge is 0.324 e. The van der Waals surface area contributed by atoms with Gasteiger partial charge in [-0.1, -0.05) is 32.0 Å². The molecule has 1 aromatic carbocycles. The topological polar surface area (TPSA) is 45.2 Å². The van der Waals surface area contributed by atoms with Crippen LogP contribution in [0.3, 0.4) is 0 Å². The third-order valence-electron chi connectivity index (χ3n) is 4.03. The Morgan fingerprint density at radius 1 is 1.19 bits per heavy atom. The molecule has 0 aliphatic carbocycles. The molecule has 2 aromatic rings. The number of carbonyl (C=O) groups is 1. The van der Waals surface area contributed by atoms with Gasteiger partial charge < -0.3 is 10.2 Å². The second-order valence-corrected chi connectivity index (χ2v) is 6.16. The summed E-state index contributed by atoms with van der Waals surface area (Å²) >= 11 is 0. The number of aromatic nitrogens is 1. The molecule has 0 bridgehead atoms. The van der Waals surface area contributed by atoms with Crippen molar-refractivity contribution in [2.75, 3.05) is 18.4 Å². The summed E-state index contributed by atoms with van der Waals surface area (Å²) in [5.41, 5.74) is 1.62. The van der Waals surface area contributed by atoms with Crippen LogP contribution < -0.4 is 5.32 Å². The summed E-state index contributed by atoms with van der Waals surface area (Å²) in [4.78, 5) is 18.8. The van der Waals surface area contributed by atoms with E-state index in [9.17, 15) is 4.79 Å². The molecule has 2 heterocycles. The minimum absolute atomic E-state index is 0.0217. The number of benzene rings is 1. The molecule has 2 atom stereocenters. The Hall–Kier alpha value is -2.10. The maximum atomic E-state index is 12.5. The highest BCUT2D eigenvalue weighted by Gasteiger charge is 2.25. The van der Waals surface area contributed by atoms with Gasteiger partial charge in [-0.15, -0.1) is 0 Å². The molecular formula is C17H21N3O. The van der Waals surface area contributed by atoms with E-state index in [1.54, 1.807) is 6.20 Å². The lowest BCUT2D eigenvalue weighted by Crippen LogP contribution is -2.44. The summed E-state index contributed by atoms with van der Waals surface area (Å²) in [7, 11) is 0. The van der Waals surface area contributed by atoms with Crippen LogP contribution in [0.5, 0.6) is 0 Å². The highest BCUT2D eigenvalue weighted by molar-refractivity contribution is 5.99. The molecule has 1 saturated heterocycles. The number of carbonyl (C=O) groups excluding carboxylic acids is 1. The molecule has 0 saturated carbocycles. The zero-order valence-electron chi connectivity index (χ0n) is 12.5. The van der Waals surface area contributed by atoms with E-state index in [4.69, 9.17) is 0 Å². The summed E-state index contributed by atoms with van der Waals surface area (Å²) in [6.45, 7) is 6.06. The molecule has 0 radical (unpaired) electrons. The predicted octanol–water partition coefficient (Wildman–Crippen LogP) is 3.74. The van der Waals surface area contributed by atoms with Gasteiger partial charge in [-0.05, 0) is 30.4 Å². The third-order valence-corrected chi connectivity index (χ3v) is 4.03. The molecular weight excluding hydrogens is 262 g/mol. The second kappa shape index (κ2) is 5.72. The van der Waals surface area contributed by atoms with Crippen LogP contribution in [-0.2, 0) is 0 Å². The van der Waals surface area contributed by atoms with Crippen molar-refractivity contribution in [2.24, 2.45) is 11.8 Å². The van der Waals surface area contributed by atoms with E-state index >= 15 is 0 Å². The van der Waals surface area contributed by atoms with Gasteiger partial charge in [-0.3, -0.25) is 4.98 Å². The Morgan fingerprint density at radius 3 is 2.67 bits per heavy atom. The SMILES string of the molecule is C[C@@H]1C[C@@H](C)CN(C(=O)Nc2cccc3cccnc23)C1. The number of likely N-dealkylation sites (tertiary alicyclic amines) is 1. The summed E-state index contributed by atoms with van der Waals surface area (Å²) < 4.78 is 0. The number of hydrogen-bond acceptors (Lipinski definition) is 2. The first-order valence-corrected chi connectivity index (χ1v) is 7.53. The monoisotopic (exact) mass is 283 g/mol. The highest BCUT2D eigenvalue weighted by atomic mass is 16.2. The van der Waals surface area contributed by atoms with Crippen molar-refractivity contribution < 1.29 is 4.79 Å². The maximum Gasteiger partial charge on any atom is 0.321 e. The maximum absolute atomic E-state index is 12.5. The number of nitrogens with one attached hydrogen (secondary N) is 1. The van der Waals surface area contributed by atoms with E-state index in [0.29, 0.717) is 11.8 Å². The van der Waals surface area contributed by atoms with Gasteiger partial charge in [0.1, 0.15) is 0 Å². The van der Waals surface area contributed by atoms with Crippen LogP contribution in [0.1, 0.15) is 20.3 Å². The molecule has 110 valence electrons. The number of para-hydroxylation sites is 1. The molecule has 4 heteroatoms. The van der Waals surface area contributed by atoms with Crippen molar-refractivity contribution in [3.63, 3.8) is 0 Å². The molecule has 1 fully saturated rings. The fraction of sp³-hybridized carbons (Fsp3) is 0.412. The summed E-state index contributed by atoms with van der Waals surface area (Å²) in [5.74, 6) is 1.12. The minimum Gasteiger partial charge on any atom is -0.324 e. The van der Waals surface area contributed by atoms with Crippen LogP contribution in [-0.4, -0.2) is 29.0 Å². The fourth-order valence-electron chi connectivity index (χ4n) is 3.23. The molecule has 0 unspecified atom stereocenters. The summed E-state index contributed by atoms with van der Waals surface area (Å²) in [5, 5.41) is 4.06. The van der Waals surface area contributed by atoms with E-state index in [0.717, 1.165) is 29.7 Å². The first kappa shape index (κ1) is 13.9. The van der Waals surface area contributed by atoms with Crippen LogP contribution in [0.25, 0.3) is 10.9 Å². The van der Waals surface area contributed by atoms with E-state index in [2.05, 4.69) is 24.1 Å². The lowest BCUT2D eigenvalue weighted by atomic mass is 9.92. The average Bonchev–Trinajstić information content (AvgIpc) is 2.46. The van der Waals surface area contributed by atoms with Crippen LogP contribution in [0.2, 0.25) is 0 Å². The minimum atomic E-state index is -0.0217. The molecule has 21 heavy (non-hydrogen) atoms. The third kappa shape index (κ3) is 2.99. The van der Waals surface area contributed by atoms with Crippen molar-refractivity contribution in [1.29, 1.82) is 0 Å².